The largest absolute Gasteiger partial charge is 0.311 e. The maximum absolute atomic E-state index is 3.82. The summed E-state index contributed by atoms with van der Waals surface area (Å²) in [5.41, 5.74) is 0. The molecule has 2 fully saturated rings. The summed E-state index contributed by atoms with van der Waals surface area (Å²) in [5.74, 6) is 3.47. The van der Waals surface area contributed by atoms with E-state index in [0.717, 1.165) is 29.7 Å². The first-order valence-corrected chi connectivity index (χ1v) is 9.43. The number of piperazine rings is 1. The molecule has 0 aromatic carbocycles. The molecule has 1 aliphatic carbocycles. The van der Waals surface area contributed by atoms with Gasteiger partial charge < -0.3 is 5.32 Å². The normalized spacial score (nSPS) is 35.6. The van der Waals surface area contributed by atoms with Crippen LogP contribution in [-0.2, 0) is 0 Å². The third kappa shape index (κ3) is 5.25. The zero-order chi connectivity index (χ0) is 15.4. The lowest BCUT2D eigenvalue weighted by Crippen LogP contribution is -2.59. The Balaban J connectivity index is 1.93. The maximum atomic E-state index is 3.82. The molecule has 1 heterocycles. The van der Waals surface area contributed by atoms with Crippen LogP contribution in [-0.4, -0.2) is 36.6 Å². The minimum atomic E-state index is 0.709. The van der Waals surface area contributed by atoms with E-state index >= 15 is 0 Å². The predicted octanol–water partition coefficient (Wildman–Crippen LogP) is 4.16. The minimum Gasteiger partial charge on any atom is -0.311 e. The fraction of sp³-hybridized carbons (Fsp3) is 1.00. The summed E-state index contributed by atoms with van der Waals surface area (Å²) in [7, 11) is 0. The minimum absolute atomic E-state index is 0.709. The SMILES string of the molecule is CC(C)CC1CN(CC2CCCC(C)C2)C(C(C)C)CN1. The van der Waals surface area contributed by atoms with Crippen molar-refractivity contribution in [1.82, 2.24) is 10.2 Å². The van der Waals surface area contributed by atoms with Gasteiger partial charge in [0.2, 0.25) is 0 Å². The highest BCUT2D eigenvalue weighted by atomic mass is 15.2. The van der Waals surface area contributed by atoms with Crippen molar-refractivity contribution < 1.29 is 0 Å². The molecule has 0 radical (unpaired) electrons. The van der Waals surface area contributed by atoms with Crippen molar-refractivity contribution in [3.8, 4) is 0 Å². The molecule has 1 saturated heterocycles. The van der Waals surface area contributed by atoms with Gasteiger partial charge in [-0.15, -0.1) is 0 Å². The molecular weight excluding hydrogens is 256 g/mol. The van der Waals surface area contributed by atoms with E-state index in [4.69, 9.17) is 0 Å². The molecule has 124 valence electrons. The number of nitrogens with zero attached hydrogens (tertiary/aromatic N) is 1. The molecule has 0 spiro atoms. The fourth-order valence-corrected chi connectivity index (χ4v) is 4.55. The number of hydrogen-bond donors (Lipinski definition) is 1. The van der Waals surface area contributed by atoms with Crippen LogP contribution in [0.5, 0.6) is 0 Å². The van der Waals surface area contributed by atoms with E-state index in [2.05, 4.69) is 44.8 Å². The molecule has 0 aromatic rings. The molecule has 1 N–H and O–H groups in total. The van der Waals surface area contributed by atoms with Crippen LogP contribution < -0.4 is 5.32 Å². The van der Waals surface area contributed by atoms with Crippen LogP contribution in [0.2, 0.25) is 0 Å². The van der Waals surface area contributed by atoms with Crippen molar-refractivity contribution >= 4 is 0 Å². The van der Waals surface area contributed by atoms with Gasteiger partial charge in [-0.05, 0) is 42.9 Å². The molecule has 4 unspecified atom stereocenters. The van der Waals surface area contributed by atoms with E-state index in [1.165, 1.54) is 51.7 Å². The van der Waals surface area contributed by atoms with Gasteiger partial charge in [-0.2, -0.15) is 0 Å². The van der Waals surface area contributed by atoms with E-state index in [1.54, 1.807) is 0 Å². The van der Waals surface area contributed by atoms with Crippen molar-refractivity contribution in [2.75, 3.05) is 19.6 Å². The lowest BCUT2D eigenvalue weighted by molar-refractivity contribution is 0.0645. The number of hydrogen-bond acceptors (Lipinski definition) is 2. The summed E-state index contributed by atoms with van der Waals surface area (Å²) in [6.45, 7) is 15.8. The summed E-state index contributed by atoms with van der Waals surface area (Å²) in [5, 5.41) is 3.82. The van der Waals surface area contributed by atoms with Gasteiger partial charge in [0.15, 0.2) is 0 Å². The smallest absolute Gasteiger partial charge is 0.0244 e. The van der Waals surface area contributed by atoms with Crippen molar-refractivity contribution in [2.24, 2.45) is 23.7 Å². The highest BCUT2D eigenvalue weighted by molar-refractivity contribution is 4.89. The summed E-state index contributed by atoms with van der Waals surface area (Å²) in [4.78, 5) is 2.84. The maximum Gasteiger partial charge on any atom is 0.0244 e. The van der Waals surface area contributed by atoms with Crippen LogP contribution in [0.15, 0.2) is 0 Å². The molecule has 0 amide bonds. The second-order valence-electron chi connectivity index (χ2n) is 8.64. The van der Waals surface area contributed by atoms with Crippen LogP contribution in [0.3, 0.4) is 0 Å². The number of rotatable bonds is 5. The highest BCUT2D eigenvalue weighted by Crippen LogP contribution is 2.30. The van der Waals surface area contributed by atoms with E-state index in [-0.39, 0.29) is 0 Å². The van der Waals surface area contributed by atoms with Crippen LogP contribution in [0.25, 0.3) is 0 Å². The molecule has 2 rings (SSSR count). The number of nitrogens with one attached hydrogen (secondary N) is 1. The van der Waals surface area contributed by atoms with Crippen molar-refractivity contribution in [1.29, 1.82) is 0 Å². The fourth-order valence-electron chi connectivity index (χ4n) is 4.55. The Bertz CT molecular complexity index is 300. The monoisotopic (exact) mass is 294 g/mol. The van der Waals surface area contributed by atoms with Crippen LogP contribution in [0.1, 0.15) is 66.7 Å². The first-order chi connectivity index (χ1) is 9.95. The molecule has 0 aromatic heterocycles. The average molecular weight is 295 g/mol. The van der Waals surface area contributed by atoms with Gasteiger partial charge in [0, 0.05) is 31.7 Å². The van der Waals surface area contributed by atoms with Crippen molar-refractivity contribution in [3.63, 3.8) is 0 Å². The zero-order valence-electron chi connectivity index (χ0n) is 15.1. The summed E-state index contributed by atoms with van der Waals surface area (Å²) >= 11 is 0. The van der Waals surface area contributed by atoms with E-state index in [9.17, 15) is 0 Å². The first kappa shape index (κ1) is 17.3. The third-order valence-corrected chi connectivity index (χ3v) is 5.60. The van der Waals surface area contributed by atoms with Gasteiger partial charge in [-0.1, -0.05) is 47.5 Å². The Hall–Kier alpha value is -0.0800. The van der Waals surface area contributed by atoms with Gasteiger partial charge in [-0.25, -0.2) is 0 Å². The molecular formula is C19H38N2. The second kappa shape index (κ2) is 7.97. The molecule has 0 bridgehead atoms. The lowest BCUT2D eigenvalue weighted by Gasteiger charge is -2.45. The Morgan fingerprint density at radius 2 is 1.90 bits per heavy atom. The van der Waals surface area contributed by atoms with E-state index in [1.807, 2.05) is 0 Å². The predicted molar refractivity (Wildman–Crippen MR) is 92.6 cm³/mol. The van der Waals surface area contributed by atoms with E-state index in [0.29, 0.717) is 6.04 Å². The average Bonchev–Trinajstić information content (AvgIpc) is 2.37. The molecule has 4 atom stereocenters. The van der Waals surface area contributed by atoms with Crippen LogP contribution >= 0.6 is 0 Å². The third-order valence-electron chi connectivity index (χ3n) is 5.60. The molecule has 2 nitrogen and oxygen atoms in total. The van der Waals surface area contributed by atoms with Gasteiger partial charge in [0.25, 0.3) is 0 Å². The van der Waals surface area contributed by atoms with Gasteiger partial charge in [-0.3, -0.25) is 4.90 Å². The Morgan fingerprint density at radius 3 is 2.52 bits per heavy atom. The Morgan fingerprint density at radius 1 is 1.14 bits per heavy atom. The highest BCUT2D eigenvalue weighted by Gasteiger charge is 2.32. The van der Waals surface area contributed by atoms with Crippen molar-refractivity contribution in [2.45, 2.75) is 78.8 Å². The first-order valence-electron chi connectivity index (χ1n) is 9.43. The molecule has 1 saturated carbocycles. The molecule has 21 heavy (non-hydrogen) atoms. The summed E-state index contributed by atoms with van der Waals surface area (Å²) in [6.07, 6.45) is 7.17. The van der Waals surface area contributed by atoms with E-state index < -0.39 is 0 Å². The lowest BCUT2D eigenvalue weighted by atomic mass is 9.81. The second-order valence-corrected chi connectivity index (χ2v) is 8.64. The summed E-state index contributed by atoms with van der Waals surface area (Å²) in [6, 6.07) is 1.45. The van der Waals surface area contributed by atoms with Crippen LogP contribution in [0.4, 0.5) is 0 Å². The van der Waals surface area contributed by atoms with Gasteiger partial charge in [0.1, 0.15) is 0 Å². The molecule has 2 heteroatoms. The molecule has 1 aliphatic heterocycles. The zero-order valence-corrected chi connectivity index (χ0v) is 15.1. The standard InChI is InChI=1S/C19H38N2/c1-14(2)9-18-13-21(19(11-20-18)15(3)4)12-17-8-6-7-16(5)10-17/h14-20H,6-13H2,1-5H3. The van der Waals surface area contributed by atoms with Crippen molar-refractivity contribution in [3.05, 3.63) is 0 Å². The van der Waals surface area contributed by atoms with Gasteiger partial charge in [0.05, 0.1) is 0 Å². The van der Waals surface area contributed by atoms with Gasteiger partial charge >= 0.3 is 0 Å². The Labute approximate surface area is 133 Å². The topological polar surface area (TPSA) is 15.3 Å². The quantitative estimate of drug-likeness (QED) is 0.819. The molecule has 2 aliphatic rings. The Kier molecular flexibility index (Phi) is 6.55. The summed E-state index contributed by atoms with van der Waals surface area (Å²) < 4.78 is 0. The van der Waals surface area contributed by atoms with Crippen LogP contribution in [0, 0.1) is 23.7 Å².